The first-order chi connectivity index (χ1) is 21.7. The number of ether oxygens (including phenoxy) is 6. The van der Waals surface area contributed by atoms with Gasteiger partial charge in [0.1, 0.15) is 73.2 Å². The zero-order valence-corrected chi connectivity index (χ0v) is 26.2. The van der Waals surface area contributed by atoms with E-state index >= 15 is 0 Å². The second-order valence-corrected chi connectivity index (χ2v) is 11.8. The fourth-order valence-electron chi connectivity index (χ4n) is 5.89. The van der Waals surface area contributed by atoms with Crippen LogP contribution in [-0.4, -0.2) is 200 Å². The average Bonchev–Trinajstić information content (AvgIpc) is 3.04. The molecular weight excluding hydrogens is 622 g/mol. The molecule has 2 aliphatic heterocycles. The maximum atomic E-state index is 11.0. The third kappa shape index (κ3) is 8.59. The molecule has 0 aromatic rings. The van der Waals surface area contributed by atoms with Crippen molar-refractivity contribution in [3.63, 3.8) is 0 Å². The van der Waals surface area contributed by atoms with E-state index in [2.05, 4.69) is 5.32 Å². The van der Waals surface area contributed by atoms with Gasteiger partial charge in [0.05, 0.1) is 44.1 Å². The number of aliphatic hydroxyl groups is 11. The van der Waals surface area contributed by atoms with Crippen molar-refractivity contribution in [3.8, 4) is 0 Å². The lowest BCUT2D eigenvalue weighted by Crippen LogP contribution is -2.68. The van der Waals surface area contributed by atoms with E-state index in [1.54, 1.807) is 6.92 Å². The van der Waals surface area contributed by atoms with Crippen LogP contribution in [0.3, 0.4) is 0 Å². The SMILES string of the molecule is CCC(O)C(O)C(OC1OC(CO)C(OC2OC(C)C(N[C@H]3C=C(COC)[C@@H](O)[C@H](O)[C@H]3O)C(O)C2O)C(O)C1O)C(CO)OC. The Morgan fingerprint density at radius 2 is 1.52 bits per heavy atom. The highest BCUT2D eigenvalue weighted by Gasteiger charge is 2.52. The molecule has 2 heterocycles. The van der Waals surface area contributed by atoms with Crippen molar-refractivity contribution in [2.24, 2.45) is 0 Å². The highest BCUT2D eigenvalue weighted by Crippen LogP contribution is 2.32. The van der Waals surface area contributed by atoms with Crippen LogP contribution in [0.5, 0.6) is 0 Å². The van der Waals surface area contributed by atoms with E-state index in [1.807, 2.05) is 0 Å². The molecule has 12 N–H and O–H groups in total. The predicted octanol–water partition coefficient (Wildman–Crippen LogP) is -6.20. The van der Waals surface area contributed by atoms with Crippen LogP contribution in [0.1, 0.15) is 20.3 Å². The fourth-order valence-corrected chi connectivity index (χ4v) is 5.89. The molecular formula is C28H51NO17. The molecule has 1 aliphatic carbocycles. The summed E-state index contributed by atoms with van der Waals surface area (Å²) in [5, 5.41) is 118. The minimum atomic E-state index is -1.88. The lowest BCUT2D eigenvalue weighted by molar-refractivity contribution is -0.361. The van der Waals surface area contributed by atoms with Gasteiger partial charge in [-0.3, -0.25) is 0 Å². The van der Waals surface area contributed by atoms with Gasteiger partial charge in [-0.25, -0.2) is 0 Å². The maximum Gasteiger partial charge on any atom is 0.187 e. The summed E-state index contributed by atoms with van der Waals surface area (Å²) in [7, 11) is 2.61. The van der Waals surface area contributed by atoms with Crippen LogP contribution in [0, 0.1) is 0 Å². The quantitative estimate of drug-likeness (QED) is 0.0720. The molecule has 0 aromatic heterocycles. The predicted molar refractivity (Wildman–Crippen MR) is 153 cm³/mol. The standard InChI is InChI=1S/C28H51NO17/c1-5-13(32)19(35)25(14(7-30)42-4)45-28-24(40)22(38)26(15(8-31)44-28)46-27-23(39)20(36)16(10(2)43-27)29-12-6-11(9-41-3)17(33)21(37)18(12)34/h6,10,12-40H,5,7-9H2,1-4H3/t10?,12-,13?,14?,15?,16?,17+,18-,19?,20?,21-,22?,23?,24?,25?,26?,27?,28?/m0/s1. The molecule has 0 amide bonds. The van der Waals surface area contributed by atoms with Crippen LogP contribution in [0.2, 0.25) is 0 Å². The Morgan fingerprint density at radius 3 is 2.09 bits per heavy atom. The second-order valence-electron chi connectivity index (χ2n) is 11.8. The van der Waals surface area contributed by atoms with Crippen molar-refractivity contribution in [1.82, 2.24) is 5.32 Å². The molecule has 0 aromatic carbocycles. The molecule has 0 spiro atoms. The fraction of sp³-hybridized carbons (Fsp3) is 0.929. The van der Waals surface area contributed by atoms with E-state index < -0.39 is 123 Å². The Hall–Kier alpha value is -0.980. The van der Waals surface area contributed by atoms with Gasteiger partial charge in [0, 0.05) is 14.2 Å². The van der Waals surface area contributed by atoms with E-state index in [4.69, 9.17) is 28.4 Å². The maximum absolute atomic E-state index is 11.0. The third-order valence-electron chi connectivity index (χ3n) is 8.76. The normalized spacial score (nSPS) is 43.1. The smallest absolute Gasteiger partial charge is 0.187 e. The molecule has 3 aliphatic rings. The van der Waals surface area contributed by atoms with Crippen LogP contribution in [0.4, 0.5) is 0 Å². The molecule has 2 fully saturated rings. The molecule has 270 valence electrons. The van der Waals surface area contributed by atoms with Crippen LogP contribution in [0.25, 0.3) is 0 Å². The van der Waals surface area contributed by atoms with Gasteiger partial charge < -0.3 is 89.9 Å². The summed E-state index contributed by atoms with van der Waals surface area (Å²) in [5.41, 5.74) is 0.289. The minimum Gasteiger partial charge on any atom is -0.394 e. The lowest BCUT2D eigenvalue weighted by atomic mass is 9.86. The van der Waals surface area contributed by atoms with Crippen molar-refractivity contribution in [3.05, 3.63) is 11.6 Å². The monoisotopic (exact) mass is 673 g/mol. The van der Waals surface area contributed by atoms with Crippen LogP contribution < -0.4 is 5.32 Å². The topological polar surface area (TPSA) is 290 Å². The Labute approximate surface area is 266 Å². The number of rotatable bonds is 15. The summed E-state index contributed by atoms with van der Waals surface area (Å²) in [4.78, 5) is 0. The molecule has 2 saturated heterocycles. The highest BCUT2D eigenvalue weighted by atomic mass is 16.7. The van der Waals surface area contributed by atoms with Crippen molar-refractivity contribution in [2.45, 2.75) is 130 Å². The summed E-state index contributed by atoms with van der Waals surface area (Å²) in [6, 6.07) is -2.02. The Kier molecular flexibility index (Phi) is 15.1. The van der Waals surface area contributed by atoms with Gasteiger partial charge in [0.15, 0.2) is 12.6 Å². The summed E-state index contributed by atoms with van der Waals surface area (Å²) in [6.45, 7) is 1.64. The molecule has 14 unspecified atom stereocenters. The molecule has 0 radical (unpaired) electrons. The number of aliphatic hydroxyl groups excluding tert-OH is 11. The van der Waals surface area contributed by atoms with Crippen LogP contribution in [0.15, 0.2) is 11.6 Å². The van der Waals surface area contributed by atoms with Crippen molar-refractivity contribution in [2.75, 3.05) is 34.0 Å². The van der Waals surface area contributed by atoms with Gasteiger partial charge in [-0.1, -0.05) is 13.0 Å². The first-order valence-electron chi connectivity index (χ1n) is 15.2. The zero-order chi connectivity index (χ0) is 34.5. The summed E-state index contributed by atoms with van der Waals surface area (Å²) < 4.78 is 33.0. The molecule has 18 nitrogen and oxygen atoms in total. The van der Waals surface area contributed by atoms with Gasteiger partial charge in [0.25, 0.3) is 0 Å². The van der Waals surface area contributed by atoms with Gasteiger partial charge in [0.2, 0.25) is 0 Å². The summed E-state index contributed by atoms with van der Waals surface area (Å²) >= 11 is 0. The number of hydrogen-bond donors (Lipinski definition) is 12. The molecule has 18 atom stereocenters. The minimum absolute atomic E-state index is 0.0349. The third-order valence-corrected chi connectivity index (χ3v) is 8.76. The molecule has 0 saturated carbocycles. The van der Waals surface area contributed by atoms with Crippen molar-refractivity contribution >= 4 is 0 Å². The Balaban J connectivity index is 1.72. The van der Waals surface area contributed by atoms with Gasteiger partial charge >= 0.3 is 0 Å². The largest absolute Gasteiger partial charge is 0.394 e. The highest BCUT2D eigenvalue weighted by molar-refractivity contribution is 5.22. The molecule has 46 heavy (non-hydrogen) atoms. The van der Waals surface area contributed by atoms with Gasteiger partial charge in [-0.05, 0) is 18.9 Å². The summed E-state index contributed by atoms with van der Waals surface area (Å²) in [5.74, 6) is 0. The number of methoxy groups -OCH3 is 2. The zero-order valence-electron chi connectivity index (χ0n) is 26.2. The van der Waals surface area contributed by atoms with E-state index in [1.165, 1.54) is 27.2 Å². The van der Waals surface area contributed by atoms with Gasteiger partial charge in [-0.15, -0.1) is 0 Å². The van der Waals surface area contributed by atoms with Crippen LogP contribution >= 0.6 is 0 Å². The van der Waals surface area contributed by atoms with Gasteiger partial charge in [-0.2, -0.15) is 0 Å². The Morgan fingerprint density at radius 1 is 0.870 bits per heavy atom. The molecule has 3 rings (SSSR count). The van der Waals surface area contributed by atoms with E-state index in [-0.39, 0.29) is 18.6 Å². The second kappa shape index (κ2) is 17.6. The van der Waals surface area contributed by atoms with E-state index in [0.717, 1.165) is 0 Å². The average molecular weight is 674 g/mol. The summed E-state index contributed by atoms with van der Waals surface area (Å²) in [6.07, 6.45) is -22.7. The van der Waals surface area contributed by atoms with E-state index in [0.29, 0.717) is 0 Å². The molecule has 0 bridgehead atoms. The van der Waals surface area contributed by atoms with Crippen LogP contribution in [-0.2, 0) is 28.4 Å². The van der Waals surface area contributed by atoms with Crippen molar-refractivity contribution in [1.29, 1.82) is 0 Å². The van der Waals surface area contributed by atoms with E-state index in [9.17, 15) is 56.2 Å². The number of hydrogen-bond acceptors (Lipinski definition) is 18. The first kappa shape index (κ1) is 39.5. The number of nitrogens with one attached hydrogen (secondary N) is 1. The lowest BCUT2D eigenvalue weighted by Gasteiger charge is -2.48. The first-order valence-corrected chi connectivity index (χ1v) is 15.2. The van der Waals surface area contributed by atoms with Crippen molar-refractivity contribution < 1.29 is 84.6 Å². The molecule has 18 heteroatoms. The Bertz CT molecular complexity index is 942.